The quantitative estimate of drug-likeness (QED) is 0.563. The molecular formula is C22H24N4O4S. The monoisotopic (exact) mass is 440 g/mol. The van der Waals surface area contributed by atoms with Crippen LogP contribution in [0.4, 0.5) is 0 Å². The van der Waals surface area contributed by atoms with Gasteiger partial charge in [-0.25, -0.2) is 0 Å². The lowest BCUT2D eigenvalue weighted by Gasteiger charge is -2.37. The van der Waals surface area contributed by atoms with E-state index in [0.717, 1.165) is 5.69 Å². The Balaban J connectivity index is 1.31. The summed E-state index contributed by atoms with van der Waals surface area (Å²) in [6.45, 7) is 4.60. The summed E-state index contributed by atoms with van der Waals surface area (Å²) >= 11 is 1.38. The van der Waals surface area contributed by atoms with E-state index >= 15 is 0 Å². The Hall–Kier alpha value is -2.62. The molecule has 5 rings (SSSR count). The van der Waals surface area contributed by atoms with Gasteiger partial charge in [0.2, 0.25) is 11.7 Å². The first kappa shape index (κ1) is 20.3. The fraction of sp³-hybridized carbons (Fsp3) is 0.409. The van der Waals surface area contributed by atoms with Gasteiger partial charge in [0.05, 0.1) is 25.2 Å². The van der Waals surface area contributed by atoms with Crippen LogP contribution in [0.2, 0.25) is 0 Å². The second kappa shape index (κ2) is 8.49. The topological polar surface area (TPSA) is 82.6 Å². The Morgan fingerprint density at radius 3 is 2.52 bits per heavy atom. The Kier molecular flexibility index (Phi) is 5.56. The predicted octanol–water partition coefficient (Wildman–Crippen LogP) is 3.29. The van der Waals surface area contributed by atoms with Crippen molar-refractivity contribution >= 4 is 17.7 Å². The van der Waals surface area contributed by atoms with Crippen molar-refractivity contribution in [3.8, 4) is 17.3 Å². The van der Waals surface area contributed by atoms with Crippen LogP contribution in [-0.4, -0.2) is 63.4 Å². The highest BCUT2D eigenvalue weighted by molar-refractivity contribution is 7.99. The number of aryl methyl sites for hydroxylation is 1. The molecule has 1 spiro atoms. The third kappa shape index (κ3) is 4.13. The number of carbonyl (C=O) groups is 1. The fourth-order valence-electron chi connectivity index (χ4n) is 3.96. The fourth-order valence-corrected chi connectivity index (χ4v) is 4.81. The van der Waals surface area contributed by atoms with Crippen LogP contribution in [-0.2, 0) is 14.3 Å². The molecule has 0 N–H and O–H groups in total. The molecule has 0 saturated carbocycles. The number of amides is 1. The third-order valence-corrected chi connectivity index (χ3v) is 6.60. The number of nitrogens with zero attached hydrogens (tertiary/aromatic N) is 4. The third-order valence-electron chi connectivity index (χ3n) is 5.68. The van der Waals surface area contributed by atoms with Crippen LogP contribution in [0.3, 0.4) is 0 Å². The first-order valence-electron chi connectivity index (χ1n) is 10.4. The summed E-state index contributed by atoms with van der Waals surface area (Å²) < 4.78 is 19.0. The minimum Gasteiger partial charge on any atom is -0.461 e. The van der Waals surface area contributed by atoms with Gasteiger partial charge in [0.25, 0.3) is 0 Å². The summed E-state index contributed by atoms with van der Waals surface area (Å²) in [6.07, 6.45) is 3.04. The van der Waals surface area contributed by atoms with E-state index in [0.29, 0.717) is 55.9 Å². The van der Waals surface area contributed by atoms with Crippen molar-refractivity contribution in [2.75, 3.05) is 32.1 Å². The first-order chi connectivity index (χ1) is 15.1. The van der Waals surface area contributed by atoms with Gasteiger partial charge in [-0.05, 0) is 31.2 Å². The molecule has 2 fully saturated rings. The van der Waals surface area contributed by atoms with E-state index in [1.54, 1.807) is 6.26 Å². The highest BCUT2D eigenvalue weighted by atomic mass is 32.2. The zero-order valence-corrected chi connectivity index (χ0v) is 18.1. The van der Waals surface area contributed by atoms with Crippen molar-refractivity contribution in [1.29, 1.82) is 0 Å². The molecule has 2 aliphatic rings. The number of benzene rings is 1. The minimum atomic E-state index is -0.479. The van der Waals surface area contributed by atoms with Crippen LogP contribution in [0, 0.1) is 6.92 Å². The second-order valence-corrected chi connectivity index (χ2v) is 8.67. The Labute approximate surface area is 184 Å². The Morgan fingerprint density at radius 2 is 1.84 bits per heavy atom. The molecule has 31 heavy (non-hydrogen) atoms. The Bertz CT molecular complexity index is 1030. The maximum Gasteiger partial charge on any atom is 0.233 e. The van der Waals surface area contributed by atoms with Crippen LogP contribution in [0.1, 0.15) is 18.4 Å². The lowest BCUT2D eigenvalue weighted by atomic mass is 10.0. The molecule has 0 aliphatic carbocycles. The molecule has 1 aromatic carbocycles. The zero-order valence-electron chi connectivity index (χ0n) is 17.3. The maximum atomic E-state index is 12.9. The normalized spacial score (nSPS) is 18.0. The number of carbonyl (C=O) groups excluding carboxylic acids is 1. The number of rotatable bonds is 5. The van der Waals surface area contributed by atoms with Crippen molar-refractivity contribution in [3.05, 3.63) is 48.2 Å². The maximum absolute atomic E-state index is 12.9. The van der Waals surface area contributed by atoms with Crippen LogP contribution < -0.4 is 0 Å². The van der Waals surface area contributed by atoms with E-state index in [1.165, 1.54) is 17.3 Å². The van der Waals surface area contributed by atoms with E-state index in [9.17, 15) is 4.79 Å². The van der Waals surface area contributed by atoms with Crippen LogP contribution in [0.15, 0.2) is 52.2 Å². The molecule has 0 atom stereocenters. The molecule has 2 saturated heterocycles. The molecule has 9 heteroatoms. The molecule has 4 heterocycles. The minimum absolute atomic E-state index is 0.0795. The van der Waals surface area contributed by atoms with Gasteiger partial charge in [0.1, 0.15) is 0 Å². The number of ether oxygens (including phenoxy) is 2. The number of aromatic nitrogens is 3. The van der Waals surface area contributed by atoms with E-state index in [2.05, 4.69) is 10.2 Å². The summed E-state index contributed by atoms with van der Waals surface area (Å²) in [5.74, 6) is 1.13. The molecule has 3 aromatic rings. The number of furan rings is 1. The van der Waals surface area contributed by atoms with Gasteiger partial charge >= 0.3 is 0 Å². The van der Waals surface area contributed by atoms with Crippen molar-refractivity contribution in [2.24, 2.45) is 0 Å². The van der Waals surface area contributed by atoms with Crippen LogP contribution in [0.25, 0.3) is 17.3 Å². The lowest BCUT2D eigenvalue weighted by molar-refractivity contribution is -0.186. The van der Waals surface area contributed by atoms with Crippen LogP contribution in [0.5, 0.6) is 0 Å². The summed E-state index contributed by atoms with van der Waals surface area (Å²) in [6, 6.07) is 11.8. The van der Waals surface area contributed by atoms with Gasteiger partial charge in [0, 0.05) is 31.6 Å². The largest absolute Gasteiger partial charge is 0.461 e. The van der Waals surface area contributed by atoms with Gasteiger partial charge in [-0.1, -0.05) is 29.5 Å². The number of hydrogen-bond donors (Lipinski definition) is 0. The van der Waals surface area contributed by atoms with Crippen molar-refractivity contribution in [3.63, 3.8) is 0 Å². The molecule has 162 valence electrons. The number of hydrogen-bond acceptors (Lipinski definition) is 7. The van der Waals surface area contributed by atoms with Gasteiger partial charge in [-0.3, -0.25) is 9.36 Å². The van der Waals surface area contributed by atoms with E-state index in [-0.39, 0.29) is 11.7 Å². The van der Waals surface area contributed by atoms with Gasteiger partial charge in [-0.15, -0.1) is 10.2 Å². The summed E-state index contributed by atoms with van der Waals surface area (Å²) in [4.78, 5) is 14.7. The summed E-state index contributed by atoms with van der Waals surface area (Å²) in [7, 11) is 0. The van der Waals surface area contributed by atoms with Gasteiger partial charge in [0.15, 0.2) is 16.7 Å². The van der Waals surface area contributed by atoms with Gasteiger partial charge < -0.3 is 18.8 Å². The SMILES string of the molecule is Cc1ccc(-n2c(SCC(=O)N3CCC4(CC3)OCCO4)nnc2-c2ccco2)cc1. The molecule has 2 aliphatic heterocycles. The van der Waals surface area contributed by atoms with Crippen molar-refractivity contribution in [2.45, 2.75) is 30.7 Å². The molecule has 1 amide bonds. The number of piperidine rings is 1. The van der Waals surface area contributed by atoms with E-state index < -0.39 is 5.79 Å². The van der Waals surface area contributed by atoms with Crippen molar-refractivity contribution in [1.82, 2.24) is 19.7 Å². The van der Waals surface area contributed by atoms with E-state index in [4.69, 9.17) is 13.9 Å². The van der Waals surface area contributed by atoms with E-state index in [1.807, 2.05) is 52.8 Å². The molecule has 0 unspecified atom stereocenters. The highest BCUT2D eigenvalue weighted by Gasteiger charge is 2.40. The number of likely N-dealkylation sites (tertiary alicyclic amines) is 1. The average Bonchev–Trinajstić information content (AvgIpc) is 3.54. The summed E-state index contributed by atoms with van der Waals surface area (Å²) in [5.41, 5.74) is 2.09. The lowest BCUT2D eigenvalue weighted by Crippen LogP contribution is -2.47. The standard InChI is InChI=1S/C22H24N4O4S/c1-16-4-6-17(7-5-16)26-20(18-3-2-12-28-18)23-24-21(26)31-15-19(27)25-10-8-22(9-11-25)29-13-14-30-22/h2-7,12H,8-11,13-15H2,1H3. The van der Waals surface area contributed by atoms with Crippen LogP contribution >= 0.6 is 11.8 Å². The second-order valence-electron chi connectivity index (χ2n) is 7.73. The molecular weight excluding hydrogens is 416 g/mol. The highest BCUT2D eigenvalue weighted by Crippen LogP contribution is 2.32. The smallest absolute Gasteiger partial charge is 0.233 e. The van der Waals surface area contributed by atoms with Crippen molar-refractivity contribution < 1.29 is 18.7 Å². The molecule has 8 nitrogen and oxygen atoms in total. The Morgan fingerprint density at radius 1 is 1.10 bits per heavy atom. The van der Waals surface area contributed by atoms with Gasteiger partial charge in [-0.2, -0.15) is 0 Å². The zero-order chi connectivity index (χ0) is 21.3. The average molecular weight is 441 g/mol. The molecule has 0 radical (unpaired) electrons. The molecule has 0 bridgehead atoms. The number of thioether (sulfide) groups is 1. The first-order valence-corrected chi connectivity index (χ1v) is 11.4. The summed E-state index contributed by atoms with van der Waals surface area (Å²) in [5, 5.41) is 9.34. The predicted molar refractivity (Wildman–Crippen MR) is 115 cm³/mol. The molecule has 2 aromatic heterocycles.